The van der Waals surface area contributed by atoms with Crippen LogP contribution < -0.4 is 5.32 Å². The highest BCUT2D eigenvalue weighted by Crippen LogP contribution is 2.08. The highest BCUT2D eigenvalue weighted by Gasteiger charge is 2.22. The molecular formula is C12H23N3O4. The molecule has 2 N–H and O–H groups in total. The number of amides is 2. The Hall–Kier alpha value is -1.34. The molecule has 1 atom stereocenters. The molecule has 19 heavy (non-hydrogen) atoms. The summed E-state index contributed by atoms with van der Waals surface area (Å²) in [6, 6.07) is -0.246. The molecule has 1 fully saturated rings. The first-order valence-corrected chi connectivity index (χ1v) is 6.47. The minimum Gasteiger partial charge on any atom is -0.480 e. The van der Waals surface area contributed by atoms with Crippen LogP contribution in [0.3, 0.4) is 0 Å². The van der Waals surface area contributed by atoms with Crippen molar-refractivity contribution in [2.75, 3.05) is 46.9 Å². The van der Waals surface area contributed by atoms with Crippen molar-refractivity contribution in [3.8, 4) is 0 Å². The van der Waals surface area contributed by atoms with E-state index in [1.807, 2.05) is 7.05 Å². The van der Waals surface area contributed by atoms with Gasteiger partial charge in [0.15, 0.2) is 0 Å². The Labute approximate surface area is 113 Å². The van der Waals surface area contributed by atoms with Gasteiger partial charge in [0.25, 0.3) is 0 Å². The first-order valence-electron chi connectivity index (χ1n) is 6.47. The van der Waals surface area contributed by atoms with Gasteiger partial charge >= 0.3 is 12.0 Å². The van der Waals surface area contributed by atoms with Crippen molar-refractivity contribution in [2.24, 2.45) is 0 Å². The molecule has 0 saturated carbocycles. The number of likely N-dealkylation sites (N-methyl/N-ethyl adjacent to an activating group) is 1. The van der Waals surface area contributed by atoms with Crippen molar-refractivity contribution in [1.29, 1.82) is 0 Å². The number of rotatable bonds is 6. The molecule has 1 unspecified atom stereocenters. The third-order valence-electron chi connectivity index (χ3n) is 3.13. The van der Waals surface area contributed by atoms with Crippen molar-refractivity contribution in [1.82, 2.24) is 15.1 Å². The van der Waals surface area contributed by atoms with E-state index in [9.17, 15) is 9.59 Å². The second kappa shape index (κ2) is 7.96. The second-order valence-corrected chi connectivity index (χ2v) is 4.86. The van der Waals surface area contributed by atoms with E-state index in [1.165, 1.54) is 12.0 Å². The maximum Gasteiger partial charge on any atom is 0.323 e. The zero-order valence-electron chi connectivity index (χ0n) is 11.6. The molecule has 1 saturated heterocycles. The summed E-state index contributed by atoms with van der Waals surface area (Å²) in [5.74, 6) is -1.02. The Balaban J connectivity index is 2.47. The fourth-order valence-electron chi connectivity index (χ4n) is 2.17. The number of carboxylic acids is 1. The van der Waals surface area contributed by atoms with Crippen LogP contribution in [0.1, 0.15) is 12.8 Å². The molecule has 0 aliphatic carbocycles. The number of aliphatic carboxylic acids is 1. The number of piperidine rings is 1. The fourth-order valence-corrected chi connectivity index (χ4v) is 2.17. The van der Waals surface area contributed by atoms with E-state index in [2.05, 4.69) is 10.2 Å². The number of carbonyl (C=O) groups excluding carboxylic acids is 1. The predicted molar refractivity (Wildman–Crippen MR) is 70.1 cm³/mol. The maximum absolute atomic E-state index is 12.0. The van der Waals surface area contributed by atoms with Gasteiger partial charge in [-0.05, 0) is 26.4 Å². The number of likely N-dealkylation sites (tertiary alicyclic amines) is 1. The molecule has 0 spiro atoms. The molecule has 0 aromatic heterocycles. The Kier molecular flexibility index (Phi) is 6.58. The first kappa shape index (κ1) is 15.7. The Morgan fingerprint density at radius 2 is 2.26 bits per heavy atom. The molecule has 0 aromatic rings. The number of nitrogens with one attached hydrogen (secondary N) is 1. The number of hydrogen-bond acceptors (Lipinski definition) is 4. The SMILES string of the molecule is COCCN(CC(=O)O)C(=O)NC1CCCN(C)C1. The largest absolute Gasteiger partial charge is 0.480 e. The topological polar surface area (TPSA) is 82.1 Å². The molecular weight excluding hydrogens is 250 g/mol. The summed E-state index contributed by atoms with van der Waals surface area (Å²) in [6.07, 6.45) is 1.97. The van der Waals surface area contributed by atoms with E-state index in [1.54, 1.807) is 0 Å². The lowest BCUT2D eigenvalue weighted by molar-refractivity contribution is -0.137. The maximum atomic E-state index is 12.0. The van der Waals surface area contributed by atoms with Crippen LogP contribution in [-0.2, 0) is 9.53 Å². The van der Waals surface area contributed by atoms with Gasteiger partial charge in [0, 0.05) is 26.2 Å². The molecule has 2 amide bonds. The van der Waals surface area contributed by atoms with Gasteiger partial charge < -0.3 is 25.0 Å². The van der Waals surface area contributed by atoms with Crippen LogP contribution in [0.5, 0.6) is 0 Å². The summed E-state index contributed by atoms with van der Waals surface area (Å²) in [5, 5.41) is 11.7. The third kappa shape index (κ3) is 5.89. The standard InChI is InChI=1S/C12H23N3O4/c1-14-5-3-4-10(8-14)13-12(18)15(6-7-19-2)9-11(16)17/h10H,3-9H2,1-2H3,(H,13,18)(H,16,17). The highest BCUT2D eigenvalue weighted by atomic mass is 16.5. The summed E-state index contributed by atoms with van der Waals surface area (Å²) in [5.41, 5.74) is 0. The van der Waals surface area contributed by atoms with Crippen molar-refractivity contribution in [2.45, 2.75) is 18.9 Å². The van der Waals surface area contributed by atoms with E-state index < -0.39 is 5.97 Å². The summed E-state index contributed by atoms with van der Waals surface area (Å²) >= 11 is 0. The van der Waals surface area contributed by atoms with E-state index in [0.717, 1.165) is 25.9 Å². The fraction of sp³-hybridized carbons (Fsp3) is 0.833. The van der Waals surface area contributed by atoms with Gasteiger partial charge in [-0.3, -0.25) is 4.79 Å². The van der Waals surface area contributed by atoms with Crippen LogP contribution in [-0.4, -0.2) is 79.9 Å². The molecule has 0 radical (unpaired) electrons. The summed E-state index contributed by atoms with van der Waals surface area (Å²) in [6.45, 7) is 2.13. The Morgan fingerprint density at radius 1 is 1.53 bits per heavy atom. The van der Waals surface area contributed by atoms with Gasteiger partial charge in [0.05, 0.1) is 6.61 Å². The van der Waals surface area contributed by atoms with Crippen LogP contribution in [0.25, 0.3) is 0 Å². The van der Waals surface area contributed by atoms with Crippen LogP contribution in [0, 0.1) is 0 Å². The van der Waals surface area contributed by atoms with Crippen LogP contribution in [0.15, 0.2) is 0 Å². The van der Waals surface area contributed by atoms with Crippen molar-refractivity contribution < 1.29 is 19.4 Å². The molecule has 1 rings (SSSR count). The summed E-state index contributed by atoms with van der Waals surface area (Å²) < 4.78 is 4.89. The molecule has 1 heterocycles. The summed E-state index contributed by atoms with van der Waals surface area (Å²) in [7, 11) is 3.53. The molecule has 1 aliphatic rings. The minimum absolute atomic E-state index is 0.0880. The number of carbonyl (C=O) groups is 2. The Morgan fingerprint density at radius 3 is 2.84 bits per heavy atom. The molecule has 1 aliphatic heterocycles. The number of nitrogens with zero attached hydrogens (tertiary/aromatic N) is 2. The van der Waals surface area contributed by atoms with E-state index in [0.29, 0.717) is 6.61 Å². The molecule has 110 valence electrons. The van der Waals surface area contributed by atoms with Gasteiger partial charge in [0.1, 0.15) is 6.54 Å². The van der Waals surface area contributed by atoms with Gasteiger partial charge in [-0.15, -0.1) is 0 Å². The average Bonchev–Trinajstić information content (AvgIpc) is 2.34. The number of hydrogen-bond donors (Lipinski definition) is 2. The normalized spacial score (nSPS) is 20.0. The number of carboxylic acid groups (broad SMARTS) is 1. The van der Waals surface area contributed by atoms with Crippen molar-refractivity contribution in [3.05, 3.63) is 0 Å². The van der Waals surface area contributed by atoms with Crippen LogP contribution in [0.2, 0.25) is 0 Å². The summed E-state index contributed by atoms with van der Waals surface area (Å²) in [4.78, 5) is 26.2. The van der Waals surface area contributed by atoms with E-state index in [-0.39, 0.29) is 25.2 Å². The molecule has 0 aromatic carbocycles. The number of urea groups is 1. The third-order valence-corrected chi connectivity index (χ3v) is 3.13. The monoisotopic (exact) mass is 273 g/mol. The zero-order chi connectivity index (χ0) is 14.3. The lowest BCUT2D eigenvalue weighted by Gasteiger charge is -2.32. The molecule has 0 bridgehead atoms. The number of methoxy groups -OCH3 is 1. The molecule has 7 nitrogen and oxygen atoms in total. The van der Waals surface area contributed by atoms with Crippen LogP contribution in [0.4, 0.5) is 4.79 Å². The van der Waals surface area contributed by atoms with Crippen molar-refractivity contribution >= 4 is 12.0 Å². The van der Waals surface area contributed by atoms with E-state index >= 15 is 0 Å². The lowest BCUT2D eigenvalue weighted by Crippen LogP contribution is -2.52. The number of ether oxygens (including phenoxy) is 1. The minimum atomic E-state index is -1.02. The van der Waals surface area contributed by atoms with Gasteiger partial charge in [-0.25, -0.2) is 4.79 Å². The Bertz CT molecular complexity index is 311. The quantitative estimate of drug-likeness (QED) is 0.702. The average molecular weight is 273 g/mol. The predicted octanol–water partition coefficient (Wildman–Crippen LogP) is -0.177. The van der Waals surface area contributed by atoms with Gasteiger partial charge in [-0.1, -0.05) is 0 Å². The smallest absolute Gasteiger partial charge is 0.323 e. The molecule has 7 heteroatoms. The second-order valence-electron chi connectivity index (χ2n) is 4.86. The lowest BCUT2D eigenvalue weighted by atomic mass is 10.1. The highest BCUT2D eigenvalue weighted by molar-refractivity contribution is 5.80. The van der Waals surface area contributed by atoms with Crippen LogP contribution >= 0.6 is 0 Å². The van der Waals surface area contributed by atoms with Gasteiger partial charge in [0.2, 0.25) is 0 Å². The van der Waals surface area contributed by atoms with E-state index in [4.69, 9.17) is 9.84 Å². The zero-order valence-corrected chi connectivity index (χ0v) is 11.6. The van der Waals surface area contributed by atoms with Gasteiger partial charge in [-0.2, -0.15) is 0 Å². The first-order chi connectivity index (χ1) is 9.02. The van der Waals surface area contributed by atoms with Crippen molar-refractivity contribution in [3.63, 3.8) is 0 Å².